The van der Waals surface area contributed by atoms with Crippen molar-refractivity contribution in [2.75, 3.05) is 6.61 Å². The van der Waals surface area contributed by atoms with E-state index in [1.165, 1.54) is 20.8 Å². The molecule has 11 nitrogen and oxygen atoms in total. The Bertz CT molecular complexity index is 590. The maximum Gasteiger partial charge on any atom is 0.305 e. The molecule has 4 atom stereocenters. The van der Waals surface area contributed by atoms with Crippen molar-refractivity contribution in [1.29, 1.82) is 0 Å². The van der Waals surface area contributed by atoms with Gasteiger partial charge >= 0.3 is 17.9 Å². The average Bonchev–Trinajstić information content (AvgIpc) is 2.80. The van der Waals surface area contributed by atoms with Gasteiger partial charge < -0.3 is 29.5 Å². The van der Waals surface area contributed by atoms with Crippen LogP contribution in [0.15, 0.2) is 5.16 Å². The molecule has 0 aromatic carbocycles. The first-order chi connectivity index (χ1) is 12.1. The van der Waals surface area contributed by atoms with E-state index in [2.05, 4.69) is 10.5 Å². The fourth-order valence-electron chi connectivity index (χ4n) is 2.51. The molecular weight excluding hydrogens is 352 g/mol. The molecule has 1 saturated heterocycles. The molecular formula is C15H22N2O9. The maximum absolute atomic E-state index is 11.4. The second-order valence-corrected chi connectivity index (χ2v) is 5.65. The van der Waals surface area contributed by atoms with Crippen LogP contribution in [0.4, 0.5) is 0 Å². The molecule has 1 rings (SSSR count). The van der Waals surface area contributed by atoms with Crippen molar-refractivity contribution in [2.45, 2.75) is 52.6 Å². The molecule has 1 aliphatic rings. The minimum Gasteiger partial charge on any atom is -0.462 e. The predicted molar refractivity (Wildman–Crippen MR) is 83.8 cm³/mol. The van der Waals surface area contributed by atoms with Gasteiger partial charge in [0.25, 0.3) is 12.2 Å². The highest BCUT2D eigenvalue weighted by Gasteiger charge is 2.47. The number of nitrogens with zero attached hydrogens (tertiary/aromatic N) is 1. The Morgan fingerprint density at radius 2 is 1.81 bits per heavy atom. The van der Waals surface area contributed by atoms with Crippen molar-refractivity contribution in [3.05, 3.63) is 0 Å². The van der Waals surface area contributed by atoms with Gasteiger partial charge in [0.2, 0.25) is 5.91 Å². The SMILES string of the molecule is CC(=O)NC1/C(=N/O)OC(OC(C)=O)C1CC(COC(C)=O)OC(C)=O. The lowest BCUT2D eigenvalue weighted by Gasteiger charge is -2.25. The summed E-state index contributed by atoms with van der Waals surface area (Å²) in [6.07, 6.45) is -2.09. The Balaban J connectivity index is 3.05. The molecule has 146 valence electrons. The zero-order valence-electron chi connectivity index (χ0n) is 14.9. The molecule has 0 aliphatic carbocycles. The lowest BCUT2D eigenvalue weighted by Crippen LogP contribution is -2.44. The van der Waals surface area contributed by atoms with E-state index >= 15 is 0 Å². The third-order valence-electron chi connectivity index (χ3n) is 3.36. The molecule has 1 fully saturated rings. The van der Waals surface area contributed by atoms with Crippen molar-refractivity contribution in [1.82, 2.24) is 5.32 Å². The monoisotopic (exact) mass is 374 g/mol. The highest BCUT2D eigenvalue weighted by Crippen LogP contribution is 2.30. The van der Waals surface area contributed by atoms with E-state index in [1.807, 2.05) is 0 Å². The summed E-state index contributed by atoms with van der Waals surface area (Å²) in [5, 5.41) is 14.6. The van der Waals surface area contributed by atoms with Gasteiger partial charge in [-0.2, -0.15) is 0 Å². The largest absolute Gasteiger partial charge is 0.462 e. The van der Waals surface area contributed by atoms with Crippen LogP contribution in [0.1, 0.15) is 34.1 Å². The van der Waals surface area contributed by atoms with Gasteiger partial charge in [0.15, 0.2) is 0 Å². The number of carbonyl (C=O) groups excluding carboxylic acids is 4. The predicted octanol–water partition coefficient (Wildman–Crippen LogP) is -0.301. The number of hydrogen-bond acceptors (Lipinski definition) is 10. The molecule has 26 heavy (non-hydrogen) atoms. The van der Waals surface area contributed by atoms with Crippen LogP contribution in [0.2, 0.25) is 0 Å². The molecule has 0 bridgehead atoms. The number of oxime groups is 1. The first-order valence-electron chi connectivity index (χ1n) is 7.77. The van der Waals surface area contributed by atoms with Gasteiger partial charge in [-0.25, -0.2) is 0 Å². The lowest BCUT2D eigenvalue weighted by molar-refractivity contribution is -0.171. The molecule has 0 saturated carbocycles. The van der Waals surface area contributed by atoms with Crippen molar-refractivity contribution < 1.29 is 43.3 Å². The molecule has 11 heteroatoms. The summed E-state index contributed by atoms with van der Waals surface area (Å²) in [7, 11) is 0. The standard InChI is InChI=1S/C15H22N2O9/c1-7(18)16-13-12(15(25-10(4)21)26-14(13)17-22)5-11(24-9(3)20)6-23-8(2)19/h11-13,15,22H,5-6H2,1-4H3,(H,16,18)/b17-14-. The van der Waals surface area contributed by atoms with Gasteiger partial charge in [-0.3, -0.25) is 19.2 Å². The summed E-state index contributed by atoms with van der Waals surface area (Å²) in [6.45, 7) is 4.54. The number of esters is 3. The van der Waals surface area contributed by atoms with Crippen molar-refractivity contribution in [2.24, 2.45) is 11.1 Å². The van der Waals surface area contributed by atoms with Crippen LogP contribution < -0.4 is 5.32 Å². The second-order valence-electron chi connectivity index (χ2n) is 5.65. The number of nitrogens with one attached hydrogen (secondary N) is 1. The van der Waals surface area contributed by atoms with Crippen LogP contribution >= 0.6 is 0 Å². The molecule has 0 radical (unpaired) electrons. The first-order valence-corrected chi connectivity index (χ1v) is 7.77. The summed E-state index contributed by atoms with van der Waals surface area (Å²) in [6, 6.07) is -0.933. The number of ether oxygens (including phenoxy) is 4. The van der Waals surface area contributed by atoms with E-state index in [9.17, 15) is 19.2 Å². The van der Waals surface area contributed by atoms with Gasteiger partial charge in [0, 0.05) is 34.1 Å². The molecule has 2 N–H and O–H groups in total. The summed E-state index contributed by atoms with van der Waals surface area (Å²) >= 11 is 0. The summed E-state index contributed by atoms with van der Waals surface area (Å²) in [5.74, 6) is -3.31. The topological polar surface area (TPSA) is 150 Å². The van der Waals surface area contributed by atoms with Crippen LogP contribution in [0, 0.1) is 5.92 Å². The number of amides is 1. The third kappa shape index (κ3) is 6.57. The van der Waals surface area contributed by atoms with E-state index in [4.69, 9.17) is 24.2 Å². The summed E-state index contributed by atoms with van der Waals surface area (Å²) in [4.78, 5) is 45.1. The first kappa shape index (κ1) is 21.2. The highest BCUT2D eigenvalue weighted by molar-refractivity contribution is 5.88. The van der Waals surface area contributed by atoms with E-state index in [0.29, 0.717) is 0 Å². The molecule has 4 unspecified atom stereocenters. The Labute approximate surface area is 149 Å². The van der Waals surface area contributed by atoms with Crippen LogP contribution in [-0.4, -0.2) is 60.0 Å². The van der Waals surface area contributed by atoms with E-state index in [-0.39, 0.29) is 18.9 Å². The van der Waals surface area contributed by atoms with Crippen LogP contribution in [-0.2, 0) is 38.1 Å². The smallest absolute Gasteiger partial charge is 0.305 e. The maximum atomic E-state index is 11.4. The molecule has 1 heterocycles. The minimum atomic E-state index is -1.19. The molecule has 0 spiro atoms. The van der Waals surface area contributed by atoms with E-state index < -0.39 is 48.2 Å². The molecule has 0 aromatic rings. The van der Waals surface area contributed by atoms with Gasteiger partial charge in [0.1, 0.15) is 18.8 Å². The third-order valence-corrected chi connectivity index (χ3v) is 3.36. The number of hydrogen-bond donors (Lipinski definition) is 2. The summed E-state index contributed by atoms with van der Waals surface area (Å²) < 4.78 is 20.3. The van der Waals surface area contributed by atoms with Crippen LogP contribution in [0.3, 0.4) is 0 Å². The normalized spacial score (nSPS) is 24.3. The second kappa shape index (κ2) is 9.59. The zero-order valence-corrected chi connectivity index (χ0v) is 14.9. The Morgan fingerprint density at radius 1 is 1.15 bits per heavy atom. The van der Waals surface area contributed by atoms with Crippen LogP contribution in [0.25, 0.3) is 0 Å². The Hall–Kier alpha value is -2.85. The molecule has 0 aromatic heterocycles. The lowest BCUT2D eigenvalue weighted by atomic mass is 9.94. The summed E-state index contributed by atoms with van der Waals surface area (Å²) in [5.41, 5.74) is 0. The van der Waals surface area contributed by atoms with Gasteiger partial charge in [-0.05, 0) is 0 Å². The molecule has 1 amide bonds. The average molecular weight is 374 g/mol. The van der Waals surface area contributed by atoms with Crippen LogP contribution in [0.5, 0.6) is 0 Å². The quantitative estimate of drug-likeness (QED) is 0.265. The molecule has 1 aliphatic heterocycles. The van der Waals surface area contributed by atoms with Crippen molar-refractivity contribution >= 4 is 29.7 Å². The highest BCUT2D eigenvalue weighted by atomic mass is 16.7. The van der Waals surface area contributed by atoms with E-state index in [0.717, 1.165) is 6.92 Å². The number of carbonyl (C=O) groups is 4. The van der Waals surface area contributed by atoms with E-state index in [1.54, 1.807) is 0 Å². The zero-order chi connectivity index (χ0) is 19.9. The van der Waals surface area contributed by atoms with Gasteiger partial charge in [-0.1, -0.05) is 5.16 Å². The van der Waals surface area contributed by atoms with Crippen molar-refractivity contribution in [3.8, 4) is 0 Å². The van der Waals surface area contributed by atoms with Gasteiger partial charge in [0.05, 0.1) is 5.92 Å². The minimum absolute atomic E-state index is 0.00519. The fraction of sp³-hybridized carbons (Fsp3) is 0.667. The van der Waals surface area contributed by atoms with Gasteiger partial charge in [-0.15, -0.1) is 0 Å². The number of rotatable bonds is 7. The van der Waals surface area contributed by atoms with Crippen molar-refractivity contribution in [3.63, 3.8) is 0 Å². The fourth-order valence-corrected chi connectivity index (χ4v) is 2.51. The Morgan fingerprint density at radius 3 is 2.27 bits per heavy atom. The Kier molecular flexibility index (Phi) is 7.81.